The van der Waals surface area contributed by atoms with Gasteiger partial charge in [0.25, 0.3) is 0 Å². The number of nitrogens with zero attached hydrogens (tertiary/aromatic N) is 3. The van der Waals surface area contributed by atoms with E-state index in [4.69, 9.17) is 15.2 Å². The van der Waals surface area contributed by atoms with Gasteiger partial charge in [0.2, 0.25) is 11.9 Å². The second kappa shape index (κ2) is 8.61. The van der Waals surface area contributed by atoms with Crippen LogP contribution in [0.15, 0.2) is 60.1 Å². The Morgan fingerprint density at radius 2 is 1.88 bits per heavy atom. The third-order valence-electron chi connectivity index (χ3n) is 5.78. The Balaban J connectivity index is 1.60. The molecular weight excluding hydrogens is 418 g/mol. The van der Waals surface area contributed by atoms with Crippen LogP contribution < -0.4 is 20.5 Å². The van der Waals surface area contributed by atoms with Crippen molar-refractivity contribution in [3.8, 4) is 11.5 Å². The summed E-state index contributed by atoms with van der Waals surface area (Å²) in [6, 6.07) is 13.5. The van der Waals surface area contributed by atoms with Crippen LogP contribution in [0.3, 0.4) is 0 Å². The SMILES string of the molecule is COc1cc(C2C(C(N)=O)=C(C)Nc3ncnn32)ccc1OCc1ccc(C(C)(C)C)cc1. The highest BCUT2D eigenvalue weighted by Crippen LogP contribution is 2.38. The lowest BCUT2D eigenvalue weighted by atomic mass is 9.87. The number of hydrogen-bond donors (Lipinski definition) is 2. The van der Waals surface area contributed by atoms with Gasteiger partial charge in [0, 0.05) is 5.70 Å². The van der Waals surface area contributed by atoms with Gasteiger partial charge < -0.3 is 20.5 Å². The molecule has 0 aliphatic carbocycles. The minimum absolute atomic E-state index is 0.105. The van der Waals surface area contributed by atoms with Gasteiger partial charge in [0.15, 0.2) is 11.5 Å². The molecule has 1 unspecified atom stereocenters. The van der Waals surface area contributed by atoms with Crippen molar-refractivity contribution in [3.05, 3.63) is 76.8 Å². The number of allylic oxidation sites excluding steroid dienone is 1. The summed E-state index contributed by atoms with van der Waals surface area (Å²) >= 11 is 0. The number of nitrogens with two attached hydrogens (primary N) is 1. The Hall–Kier alpha value is -3.81. The predicted octanol–water partition coefficient (Wildman–Crippen LogP) is 3.94. The maximum absolute atomic E-state index is 12.3. The van der Waals surface area contributed by atoms with Gasteiger partial charge in [-0.3, -0.25) is 4.79 Å². The van der Waals surface area contributed by atoms with Crippen LogP contribution >= 0.6 is 0 Å². The Kier molecular flexibility index (Phi) is 5.84. The molecule has 3 N–H and O–H groups in total. The molecule has 0 saturated heterocycles. The van der Waals surface area contributed by atoms with E-state index >= 15 is 0 Å². The number of rotatable bonds is 6. The first kappa shape index (κ1) is 22.4. The molecule has 1 aliphatic rings. The number of methoxy groups -OCH3 is 1. The molecule has 1 aromatic heterocycles. The lowest BCUT2D eigenvalue weighted by Gasteiger charge is -2.28. The molecule has 8 heteroatoms. The molecule has 4 rings (SSSR count). The third-order valence-corrected chi connectivity index (χ3v) is 5.78. The second-order valence-corrected chi connectivity index (χ2v) is 9.10. The van der Waals surface area contributed by atoms with Crippen LogP contribution in [-0.4, -0.2) is 27.8 Å². The number of primary amides is 1. The fraction of sp³-hybridized carbons (Fsp3) is 0.320. The predicted molar refractivity (Wildman–Crippen MR) is 126 cm³/mol. The van der Waals surface area contributed by atoms with E-state index in [1.165, 1.54) is 11.9 Å². The van der Waals surface area contributed by atoms with Crippen LogP contribution in [0, 0.1) is 0 Å². The van der Waals surface area contributed by atoms with E-state index in [1.54, 1.807) is 18.7 Å². The first-order chi connectivity index (χ1) is 15.7. The molecule has 0 radical (unpaired) electrons. The van der Waals surface area contributed by atoms with E-state index < -0.39 is 11.9 Å². The van der Waals surface area contributed by atoms with Gasteiger partial charge in [-0.2, -0.15) is 10.1 Å². The molecular formula is C25H29N5O3. The molecule has 2 heterocycles. The molecule has 0 bridgehead atoms. The molecule has 0 spiro atoms. The fourth-order valence-corrected chi connectivity index (χ4v) is 3.95. The number of amides is 1. The van der Waals surface area contributed by atoms with Crippen molar-refractivity contribution >= 4 is 11.9 Å². The molecule has 1 aliphatic heterocycles. The number of hydrogen-bond acceptors (Lipinski definition) is 6. The maximum atomic E-state index is 12.3. The van der Waals surface area contributed by atoms with Crippen molar-refractivity contribution < 1.29 is 14.3 Å². The van der Waals surface area contributed by atoms with Gasteiger partial charge >= 0.3 is 0 Å². The fourth-order valence-electron chi connectivity index (χ4n) is 3.95. The number of carbonyl (C=O) groups is 1. The quantitative estimate of drug-likeness (QED) is 0.593. The van der Waals surface area contributed by atoms with Crippen molar-refractivity contribution in [3.63, 3.8) is 0 Å². The van der Waals surface area contributed by atoms with E-state index in [1.807, 2.05) is 18.2 Å². The van der Waals surface area contributed by atoms with E-state index in [2.05, 4.69) is 60.4 Å². The average molecular weight is 448 g/mol. The van der Waals surface area contributed by atoms with E-state index in [0.717, 1.165) is 11.1 Å². The van der Waals surface area contributed by atoms with Gasteiger partial charge in [-0.1, -0.05) is 51.1 Å². The smallest absolute Gasteiger partial charge is 0.248 e. The summed E-state index contributed by atoms with van der Waals surface area (Å²) < 4.78 is 13.3. The second-order valence-electron chi connectivity index (χ2n) is 9.10. The number of aromatic nitrogens is 3. The highest BCUT2D eigenvalue weighted by atomic mass is 16.5. The monoisotopic (exact) mass is 447 g/mol. The lowest BCUT2D eigenvalue weighted by molar-refractivity contribution is -0.115. The van der Waals surface area contributed by atoms with Crippen LogP contribution in [-0.2, 0) is 16.8 Å². The van der Waals surface area contributed by atoms with Crippen LogP contribution in [0.4, 0.5) is 5.95 Å². The molecule has 172 valence electrons. The summed E-state index contributed by atoms with van der Waals surface area (Å²) in [6.07, 6.45) is 1.44. The normalized spacial score (nSPS) is 15.6. The van der Waals surface area contributed by atoms with E-state index in [0.29, 0.717) is 35.3 Å². The molecule has 0 fully saturated rings. The number of ether oxygens (including phenoxy) is 2. The van der Waals surface area contributed by atoms with Gasteiger partial charge in [0.1, 0.15) is 19.0 Å². The summed E-state index contributed by atoms with van der Waals surface area (Å²) in [6.45, 7) is 8.78. The summed E-state index contributed by atoms with van der Waals surface area (Å²) in [5.74, 6) is 1.18. The number of carbonyl (C=O) groups excluding carboxylic acids is 1. The highest BCUT2D eigenvalue weighted by molar-refractivity contribution is 5.95. The molecule has 8 nitrogen and oxygen atoms in total. The van der Waals surface area contributed by atoms with Crippen molar-refractivity contribution in [1.29, 1.82) is 0 Å². The van der Waals surface area contributed by atoms with Gasteiger partial charge in [0.05, 0.1) is 12.7 Å². The van der Waals surface area contributed by atoms with Crippen LogP contribution in [0.2, 0.25) is 0 Å². The average Bonchev–Trinajstić information content (AvgIpc) is 3.24. The third kappa shape index (κ3) is 4.41. The minimum Gasteiger partial charge on any atom is -0.493 e. The van der Waals surface area contributed by atoms with Crippen molar-refractivity contribution in [2.24, 2.45) is 5.73 Å². The van der Waals surface area contributed by atoms with Crippen LogP contribution in [0.5, 0.6) is 11.5 Å². The maximum Gasteiger partial charge on any atom is 0.248 e. The molecule has 3 aromatic rings. The molecule has 1 atom stereocenters. The summed E-state index contributed by atoms with van der Waals surface area (Å²) in [5, 5.41) is 7.36. The first-order valence-electron chi connectivity index (χ1n) is 10.8. The molecule has 0 saturated carbocycles. The summed E-state index contributed by atoms with van der Waals surface area (Å²) in [7, 11) is 1.59. The van der Waals surface area contributed by atoms with Crippen LogP contribution in [0.25, 0.3) is 0 Å². The largest absolute Gasteiger partial charge is 0.493 e. The Bertz CT molecular complexity index is 1210. The number of nitrogens with one attached hydrogen (secondary N) is 1. The zero-order valence-electron chi connectivity index (χ0n) is 19.5. The summed E-state index contributed by atoms with van der Waals surface area (Å²) in [5.41, 5.74) is 10.0. The Labute approximate surface area is 193 Å². The minimum atomic E-state index is -0.524. The van der Waals surface area contributed by atoms with Gasteiger partial charge in [-0.15, -0.1) is 0 Å². The van der Waals surface area contributed by atoms with Crippen molar-refractivity contribution in [1.82, 2.24) is 14.8 Å². The van der Waals surface area contributed by atoms with E-state index in [-0.39, 0.29) is 5.41 Å². The number of fused-ring (bicyclic) bond motifs is 1. The molecule has 2 aromatic carbocycles. The zero-order chi connectivity index (χ0) is 23.8. The van der Waals surface area contributed by atoms with Gasteiger partial charge in [-0.25, -0.2) is 4.68 Å². The van der Waals surface area contributed by atoms with E-state index in [9.17, 15) is 4.79 Å². The topological polar surface area (TPSA) is 104 Å². The number of anilines is 1. The van der Waals surface area contributed by atoms with Gasteiger partial charge in [-0.05, 0) is 41.2 Å². The van der Waals surface area contributed by atoms with Crippen molar-refractivity contribution in [2.75, 3.05) is 12.4 Å². The lowest BCUT2D eigenvalue weighted by Crippen LogP contribution is -2.31. The Morgan fingerprint density at radius 1 is 1.15 bits per heavy atom. The zero-order valence-corrected chi connectivity index (χ0v) is 19.5. The highest BCUT2D eigenvalue weighted by Gasteiger charge is 2.32. The molecule has 33 heavy (non-hydrogen) atoms. The Morgan fingerprint density at radius 3 is 2.52 bits per heavy atom. The number of benzene rings is 2. The van der Waals surface area contributed by atoms with Crippen molar-refractivity contribution in [2.45, 2.75) is 45.8 Å². The van der Waals surface area contributed by atoms with Crippen LogP contribution in [0.1, 0.15) is 50.4 Å². The summed E-state index contributed by atoms with van der Waals surface area (Å²) in [4.78, 5) is 16.5. The standard InChI is InChI=1S/C25H29N5O3/c1-15-21(23(26)31)22(30-24(29-15)27-14-28-30)17-8-11-19(20(12-17)32-5)33-13-16-6-9-18(10-7-16)25(2,3)4/h6-12,14,22H,13H2,1-5H3,(H2,26,31)(H,27,28,29). The first-order valence-corrected chi connectivity index (χ1v) is 10.8. The molecule has 1 amide bonds.